The Bertz CT molecular complexity index is 711. The van der Waals surface area contributed by atoms with E-state index in [0.717, 1.165) is 5.56 Å². The molecule has 112 valence electrons. The summed E-state index contributed by atoms with van der Waals surface area (Å²) >= 11 is 0. The zero-order valence-electron chi connectivity index (χ0n) is 11.8. The van der Waals surface area contributed by atoms with E-state index < -0.39 is 26.6 Å². The lowest BCUT2D eigenvalue weighted by molar-refractivity contribution is -0.153. The summed E-state index contributed by atoms with van der Waals surface area (Å²) < 4.78 is 31.0. The molecule has 1 fully saturated rings. The molecular weight excluding hydrogens is 292 g/mol. The second kappa shape index (κ2) is 4.62. The molecule has 3 atom stereocenters. The van der Waals surface area contributed by atoms with Gasteiger partial charge >= 0.3 is 5.97 Å². The van der Waals surface area contributed by atoms with Crippen molar-refractivity contribution in [1.29, 1.82) is 0 Å². The van der Waals surface area contributed by atoms with E-state index in [1.165, 1.54) is 12.1 Å². The van der Waals surface area contributed by atoms with Crippen molar-refractivity contribution >= 4 is 15.8 Å². The number of esters is 1. The first-order chi connectivity index (χ1) is 9.89. The number of rotatable bonds is 2. The van der Waals surface area contributed by atoms with Crippen LogP contribution in [0.4, 0.5) is 0 Å². The monoisotopic (exact) mass is 308 g/mol. The van der Waals surface area contributed by atoms with Crippen molar-refractivity contribution in [3.05, 3.63) is 29.8 Å². The number of hydrogen-bond donors (Lipinski definition) is 0. The fourth-order valence-electron chi connectivity index (χ4n) is 2.93. The van der Waals surface area contributed by atoms with Gasteiger partial charge in [-0.3, -0.25) is 0 Å². The highest BCUT2D eigenvalue weighted by Gasteiger charge is 2.65. The van der Waals surface area contributed by atoms with E-state index in [1.54, 1.807) is 19.1 Å². The number of benzene rings is 1. The molecule has 0 spiro atoms. The van der Waals surface area contributed by atoms with E-state index in [9.17, 15) is 13.2 Å². The molecule has 2 aliphatic rings. The van der Waals surface area contributed by atoms with Gasteiger partial charge in [0.25, 0.3) is 4.87 Å². The average Bonchev–Trinajstić information content (AvgIpc) is 2.80. The highest BCUT2D eigenvalue weighted by atomic mass is 32.2. The van der Waals surface area contributed by atoms with Crippen LogP contribution in [0, 0.1) is 12.8 Å². The number of aryl methyl sites for hydroxylation is 1. The second-order valence-electron chi connectivity index (χ2n) is 5.50. The van der Waals surface area contributed by atoms with Crippen LogP contribution in [0.1, 0.15) is 18.9 Å². The maximum Gasteiger partial charge on any atom is 0.352 e. The quantitative estimate of drug-likeness (QED) is 0.781. The van der Waals surface area contributed by atoms with Gasteiger partial charge < -0.3 is 4.74 Å². The van der Waals surface area contributed by atoms with Crippen molar-refractivity contribution in [2.24, 2.45) is 16.1 Å². The summed E-state index contributed by atoms with van der Waals surface area (Å²) in [5, 5.41) is 7.84. The summed E-state index contributed by atoms with van der Waals surface area (Å²) in [7, 11) is -3.99. The third kappa shape index (κ3) is 1.83. The molecule has 0 amide bonds. The topological polar surface area (TPSA) is 85.2 Å². The SMILES string of the molecule is Cc1ccc(S(=O)(=O)[C@@]23N=N[C@@H](C)[C@@H]2CCOC3=O)cc1. The lowest BCUT2D eigenvalue weighted by Crippen LogP contribution is -2.55. The molecule has 6 nitrogen and oxygen atoms in total. The van der Waals surface area contributed by atoms with Gasteiger partial charge in [-0.15, -0.1) is 0 Å². The summed E-state index contributed by atoms with van der Waals surface area (Å²) in [6.45, 7) is 3.85. The van der Waals surface area contributed by atoms with E-state index in [1.807, 2.05) is 6.92 Å². The number of cyclic esters (lactones) is 1. The van der Waals surface area contributed by atoms with Crippen molar-refractivity contribution in [2.45, 2.75) is 36.1 Å². The number of hydrogen-bond acceptors (Lipinski definition) is 6. The molecule has 2 aliphatic heterocycles. The molecule has 2 heterocycles. The molecule has 7 heteroatoms. The van der Waals surface area contributed by atoms with Gasteiger partial charge in [0.2, 0.25) is 9.84 Å². The molecular formula is C14H16N2O4S. The van der Waals surface area contributed by atoms with Crippen LogP contribution < -0.4 is 0 Å². The zero-order valence-corrected chi connectivity index (χ0v) is 12.6. The van der Waals surface area contributed by atoms with Crippen LogP contribution in [-0.4, -0.2) is 31.9 Å². The van der Waals surface area contributed by atoms with Crippen LogP contribution in [0.5, 0.6) is 0 Å². The van der Waals surface area contributed by atoms with Gasteiger partial charge in [0.15, 0.2) is 0 Å². The zero-order chi connectivity index (χ0) is 15.3. The van der Waals surface area contributed by atoms with Crippen LogP contribution in [0.15, 0.2) is 39.4 Å². The largest absolute Gasteiger partial charge is 0.463 e. The normalized spacial score (nSPS) is 31.8. The van der Waals surface area contributed by atoms with E-state index in [-0.39, 0.29) is 17.5 Å². The Kier molecular flexibility index (Phi) is 3.12. The van der Waals surface area contributed by atoms with Crippen LogP contribution >= 0.6 is 0 Å². The maximum atomic E-state index is 13.0. The number of nitrogens with zero attached hydrogens (tertiary/aromatic N) is 2. The number of carbonyl (C=O) groups excluding carboxylic acids is 1. The van der Waals surface area contributed by atoms with Crippen LogP contribution in [-0.2, 0) is 19.4 Å². The third-order valence-corrected chi connectivity index (χ3v) is 6.43. The molecule has 0 bridgehead atoms. The second-order valence-corrected chi connectivity index (χ2v) is 7.60. The highest BCUT2D eigenvalue weighted by molar-refractivity contribution is 7.93. The summed E-state index contributed by atoms with van der Waals surface area (Å²) in [5.74, 6) is -1.28. The van der Waals surface area contributed by atoms with Crippen molar-refractivity contribution < 1.29 is 17.9 Å². The minimum Gasteiger partial charge on any atom is -0.463 e. The van der Waals surface area contributed by atoms with Crippen molar-refractivity contribution in [2.75, 3.05) is 6.61 Å². The van der Waals surface area contributed by atoms with Crippen molar-refractivity contribution in [3.8, 4) is 0 Å². The number of fused-ring (bicyclic) bond motifs is 1. The summed E-state index contributed by atoms with van der Waals surface area (Å²) in [6.07, 6.45) is 0.449. The maximum absolute atomic E-state index is 13.0. The van der Waals surface area contributed by atoms with Gasteiger partial charge in [-0.2, -0.15) is 10.2 Å². The van der Waals surface area contributed by atoms with Crippen molar-refractivity contribution in [1.82, 2.24) is 0 Å². The molecule has 0 radical (unpaired) electrons. The first kappa shape index (κ1) is 14.2. The highest BCUT2D eigenvalue weighted by Crippen LogP contribution is 2.46. The molecule has 1 saturated heterocycles. The van der Waals surface area contributed by atoms with Gasteiger partial charge in [-0.1, -0.05) is 17.7 Å². The Morgan fingerprint density at radius 3 is 2.62 bits per heavy atom. The predicted octanol–water partition coefficient (Wildman–Crippen LogP) is 1.88. The molecule has 0 N–H and O–H groups in total. The van der Waals surface area contributed by atoms with Gasteiger partial charge in [-0.05, 0) is 32.4 Å². The number of sulfone groups is 1. The van der Waals surface area contributed by atoms with E-state index in [2.05, 4.69) is 10.2 Å². The Morgan fingerprint density at radius 1 is 1.29 bits per heavy atom. The van der Waals surface area contributed by atoms with E-state index in [4.69, 9.17) is 4.74 Å². The van der Waals surface area contributed by atoms with E-state index in [0.29, 0.717) is 6.42 Å². The number of ether oxygens (including phenoxy) is 1. The first-order valence-electron chi connectivity index (χ1n) is 6.80. The summed E-state index contributed by atoms with van der Waals surface area (Å²) in [4.78, 5) is 10.4. The molecule has 0 aromatic heterocycles. The van der Waals surface area contributed by atoms with Gasteiger partial charge in [0, 0.05) is 5.92 Å². The molecule has 21 heavy (non-hydrogen) atoms. The minimum absolute atomic E-state index is 0.0741. The van der Waals surface area contributed by atoms with Gasteiger partial charge in [0.05, 0.1) is 17.5 Å². The molecule has 1 aromatic rings. The first-order valence-corrected chi connectivity index (χ1v) is 8.28. The lowest BCUT2D eigenvalue weighted by Gasteiger charge is -2.34. The van der Waals surface area contributed by atoms with Crippen molar-refractivity contribution in [3.63, 3.8) is 0 Å². The lowest BCUT2D eigenvalue weighted by atomic mass is 9.89. The van der Waals surface area contributed by atoms with Gasteiger partial charge in [0.1, 0.15) is 0 Å². The predicted molar refractivity (Wildman–Crippen MR) is 74.5 cm³/mol. The molecule has 3 rings (SSSR count). The number of carbonyl (C=O) groups is 1. The number of azo groups is 1. The Balaban J connectivity index is 2.17. The van der Waals surface area contributed by atoms with E-state index >= 15 is 0 Å². The summed E-state index contributed by atoms with van der Waals surface area (Å²) in [6, 6.07) is 6.08. The third-order valence-electron chi connectivity index (χ3n) is 4.17. The van der Waals surface area contributed by atoms with Gasteiger partial charge in [-0.25, -0.2) is 13.2 Å². The van der Waals surface area contributed by atoms with Crippen LogP contribution in [0.2, 0.25) is 0 Å². The Morgan fingerprint density at radius 2 is 1.95 bits per heavy atom. The fraction of sp³-hybridized carbons (Fsp3) is 0.500. The smallest absolute Gasteiger partial charge is 0.352 e. The van der Waals surface area contributed by atoms with Crippen LogP contribution in [0.3, 0.4) is 0 Å². The molecule has 0 aliphatic carbocycles. The Labute approximate surface area is 123 Å². The standard InChI is InChI=1S/C14H16N2O4S/c1-9-3-5-11(6-4-9)21(18,19)14-12(10(2)15-16-14)7-8-20-13(14)17/h3-6,10,12H,7-8H2,1-2H3/t10-,12-,14-/m0/s1. The molecule has 0 unspecified atom stereocenters. The molecule has 0 saturated carbocycles. The molecule has 1 aromatic carbocycles. The summed E-state index contributed by atoms with van der Waals surface area (Å²) in [5.41, 5.74) is 0.940. The Hall–Kier alpha value is -1.76. The average molecular weight is 308 g/mol. The van der Waals surface area contributed by atoms with Crippen LogP contribution in [0.25, 0.3) is 0 Å². The fourth-order valence-corrected chi connectivity index (χ4v) is 4.93. The minimum atomic E-state index is -3.99.